The van der Waals surface area contributed by atoms with Crippen LogP contribution in [0.4, 0.5) is 5.82 Å². The molecule has 0 spiro atoms. The van der Waals surface area contributed by atoms with Gasteiger partial charge in [0, 0.05) is 10.8 Å². The molecule has 21 heavy (non-hydrogen) atoms. The van der Waals surface area contributed by atoms with E-state index in [9.17, 15) is 4.79 Å². The van der Waals surface area contributed by atoms with Crippen LogP contribution in [0.15, 0.2) is 35.7 Å². The van der Waals surface area contributed by atoms with Crippen LogP contribution in [-0.2, 0) is 6.54 Å². The van der Waals surface area contributed by atoms with Crippen molar-refractivity contribution >= 4 is 34.0 Å². The number of aromatic nitrogens is 2. The predicted octanol–water partition coefficient (Wildman–Crippen LogP) is 3.31. The van der Waals surface area contributed by atoms with Crippen molar-refractivity contribution < 1.29 is 9.90 Å². The fourth-order valence-corrected chi connectivity index (χ4v) is 2.72. The summed E-state index contributed by atoms with van der Waals surface area (Å²) in [6.07, 6.45) is 0. The average Bonchev–Trinajstić information content (AvgIpc) is 2.89. The van der Waals surface area contributed by atoms with E-state index in [1.165, 1.54) is 0 Å². The largest absolute Gasteiger partial charge is 0.478 e. The van der Waals surface area contributed by atoms with Crippen LogP contribution in [0.3, 0.4) is 0 Å². The summed E-state index contributed by atoms with van der Waals surface area (Å²) in [5.74, 6) is -0.239. The van der Waals surface area contributed by atoms with Crippen LogP contribution in [0.2, 0.25) is 0 Å². The minimum absolute atomic E-state index is 0.265. The van der Waals surface area contributed by atoms with E-state index in [0.29, 0.717) is 23.3 Å². The second-order valence-electron chi connectivity index (χ2n) is 4.59. The van der Waals surface area contributed by atoms with Gasteiger partial charge in [-0.25, -0.2) is 14.8 Å². The zero-order valence-corrected chi connectivity index (χ0v) is 12.1. The van der Waals surface area contributed by atoms with E-state index in [1.807, 2.05) is 12.3 Å². The normalized spacial score (nSPS) is 10.7. The summed E-state index contributed by atoms with van der Waals surface area (Å²) in [7, 11) is 0. The lowest BCUT2D eigenvalue weighted by Gasteiger charge is -2.06. The summed E-state index contributed by atoms with van der Waals surface area (Å²) in [6.45, 7) is 2.57. The van der Waals surface area contributed by atoms with Crippen LogP contribution < -0.4 is 5.32 Å². The maximum atomic E-state index is 11.2. The zero-order valence-electron chi connectivity index (χ0n) is 11.3. The quantitative estimate of drug-likeness (QED) is 0.773. The summed E-state index contributed by atoms with van der Waals surface area (Å²) in [5, 5.41) is 16.0. The Morgan fingerprint density at radius 1 is 1.29 bits per heavy atom. The standard InChI is InChI=1S/C15H13N3O2S/c1-9-17-10(8-21-9)7-16-14-6-5-11-12(15(19)20)3-2-4-13(11)18-14/h2-6,8H,7H2,1H3,(H,16,18)(H,19,20). The SMILES string of the molecule is Cc1nc(CNc2ccc3c(C(=O)O)cccc3n2)cs1. The third-order valence-corrected chi connectivity index (χ3v) is 3.90. The molecule has 3 aromatic rings. The third kappa shape index (κ3) is 2.85. The van der Waals surface area contributed by atoms with Crippen LogP contribution in [0, 0.1) is 6.92 Å². The van der Waals surface area contributed by atoms with E-state index < -0.39 is 5.97 Å². The summed E-state index contributed by atoms with van der Waals surface area (Å²) in [6, 6.07) is 8.65. The molecule has 0 atom stereocenters. The van der Waals surface area contributed by atoms with Gasteiger partial charge in [-0.05, 0) is 31.2 Å². The topological polar surface area (TPSA) is 75.1 Å². The van der Waals surface area contributed by atoms with Gasteiger partial charge in [0.2, 0.25) is 0 Å². The highest BCUT2D eigenvalue weighted by Crippen LogP contribution is 2.20. The Kier molecular flexibility index (Phi) is 3.53. The Bertz CT molecular complexity index is 814. The Morgan fingerprint density at radius 3 is 2.86 bits per heavy atom. The van der Waals surface area contributed by atoms with Gasteiger partial charge in [-0.1, -0.05) is 6.07 Å². The first-order valence-electron chi connectivity index (χ1n) is 6.41. The number of aryl methyl sites for hydroxylation is 1. The lowest BCUT2D eigenvalue weighted by Crippen LogP contribution is -2.03. The number of thiazole rings is 1. The highest BCUT2D eigenvalue weighted by atomic mass is 32.1. The highest BCUT2D eigenvalue weighted by molar-refractivity contribution is 7.09. The zero-order chi connectivity index (χ0) is 14.8. The van der Waals surface area contributed by atoms with Crippen molar-refractivity contribution in [3.63, 3.8) is 0 Å². The predicted molar refractivity (Wildman–Crippen MR) is 82.9 cm³/mol. The molecule has 0 amide bonds. The first-order chi connectivity index (χ1) is 10.1. The highest BCUT2D eigenvalue weighted by Gasteiger charge is 2.09. The molecule has 0 radical (unpaired) electrons. The van der Waals surface area contributed by atoms with Crippen molar-refractivity contribution in [1.29, 1.82) is 0 Å². The van der Waals surface area contributed by atoms with E-state index in [1.54, 1.807) is 41.7 Å². The number of anilines is 1. The maximum Gasteiger partial charge on any atom is 0.336 e. The number of rotatable bonds is 4. The van der Waals surface area contributed by atoms with Crippen LogP contribution in [0.25, 0.3) is 10.9 Å². The van der Waals surface area contributed by atoms with Crippen molar-refractivity contribution in [1.82, 2.24) is 9.97 Å². The van der Waals surface area contributed by atoms with Gasteiger partial charge in [0.25, 0.3) is 0 Å². The number of nitrogens with zero attached hydrogens (tertiary/aromatic N) is 2. The van der Waals surface area contributed by atoms with Crippen molar-refractivity contribution in [2.45, 2.75) is 13.5 Å². The van der Waals surface area contributed by atoms with Crippen molar-refractivity contribution in [2.24, 2.45) is 0 Å². The van der Waals surface area contributed by atoms with Gasteiger partial charge >= 0.3 is 5.97 Å². The number of aromatic carboxylic acids is 1. The summed E-state index contributed by atoms with van der Waals surface area (Å²) >= 11 is 1.61. The molecule has 1 aromatic carbocycles. The molecule has 2 aromatic heterocycles. The molecule has 0 aliphatic heterocycles. The number of pyridine rings is 1. The van der Waals surface area contributed by atoms with E-state index >= 15 is 0 Å². The molecule has 106 valence electrons. The van der Waals surface area contributed by atoms with Gasteiger partial charge in [-0.2, -0.15) is 0 Å². The van der Waals surface area contributed by atoms with Crippen LogP contribution in [0.1, 0.15) is 21.1 Å². The number of hydrogen-bond acceptors (Lipinski definition) is 5. The fraction of sp³-hybridized carbons (Fsp3) is 0.133. The Hall–Kier alpha value is -2.47. The minimum Gasteiger partial charge on any atom is -0.478 e. The first-order valence-corrected chi connectivity index (χ1v) is 7.29. The number of carbonyl (C=O) groups is 1. The minimum atomic E-state index is -0.943. The van der Waals surface area contributed by atoms with Gasteiger partial charge in [0.15, 0.2) is 0 Å². The van der Waals surface area contributed by atoms with Crippen LogP contribution in [0.5, 0.6) is 0 Å². The molecule has 0 fully saturated rings. The third-order valence-electron chi connectivity index (χ3n) is 3.08. The summed E-state index contributed by atoms with van der Waals surface area (Å²) in [5.41, 5.74) is 1.90. The molecule has 0 unspecified atom stereocenters. The van der Waals surface area contributed by atoms with E-state index in [0.717, 1.165) is 10.7 Å². The fourth-order valence-electron chi connectivity index (χ4n) is 2.11. The summed E-state index contributed by atoms with van der Waals surface area (Å²) < 4.78 is 0. The Balaban J connectivity index is 1.86. The van der Waals surface area contributed by atoms with Gasteiger partial charge < -0.3 is 10.4 Å². The molecule has 3 rings (SSSR count). The van der Waals surface area contributed by atoms with Gasteiger partial charge in [0.05, 0.1) is 28.3 Å². The molecule has 0 saturated carbocycles. The average molecular weight is 299 g/mol. The second kappa shape index (κ2) is 5.49. The van der Waals surface area contributed by atoms with E-state index in [2.05, 4.69) is 15.3 Å². The van der Waals surface area contributed by atoms with Gasteiger partial charge in [-0.3, -0.25) is 0 Å². The number of carboxylic acid groups (broad SMARTS) is 1. The molecule has 5 nitrogen and oxygen atoms in total. The molecule has 0 saturated heterocycles. The molecule has 0 aliphatic rings. The van der Waals surface area contributed by atoms with E-state index in [-0.39, 0.29) is 5.56 Å². The van der Waals surface area contributed by atoms with Crippen molar-refractivity contribution in [3.05, 3.63) is 52.0 Å². The Labute approximate surface area is 125 Å². The number of benzene rings is 1. The number of nitrogens with one attached hydrogen (secondary N) is 1. The number of hydrogen-bond donors (Lipinski definition) is 2. The molecule has 6 heteroatoms. The second-order valence-corrected chi connectivity index (χ2v) is 5.65. The molecule has 0 aliphatic carbocycles. The lowest BCUT2D eigenvalue weighted by atomic mass is 10.1. The van der Waals surface area contributed by atoms with Crippen molar-refractivity contribution in [3.8, 4) is 0 Å². The Morgan fingerprint density at radius 2 is 2.14 bits per heavy atom. The molecule has 2 N–H and O–H groups in total. The molecular weight excluding hydrogens is 286 g/mol. The monoisotopic (exact) mass is 299 g/mol. The number of carboxylic acids is 1. The number of fused-ring (bicyclic) bond motifs is 1. The van der Waals surface area contributed by atoms with Gasteiger partial charge in [-0.15, -0.1) is 11.3 Å². The van der Waals surface area contributed by atoms with Crippen LogP contribution in [-0.4, -0.2) is 21.0 Å². The maximum absolute atomic E-state index is 11.2. The molecule has 0 bridgehead atoms. The smallest absolute Gasteiger partial charge is 0.336 e. The first kappa shape index (κ1) is 13.5. The summed E-state index contributed by atoms with van der Waals surface area (Å²) in [4.78, 5) is 20.0. The van der Waals surface area contributed by atoms with Crippen molar-refractivity contribution in [2.75, 3.05) is 5.32 Å². The molecular formula is C15H13N3O2S. The lowest BCUT2D eigenvalue weighted by molar-refractivity contribution is 0.0699. The molecule has 2 heterocycles. The van der Waals surface area contributed by atoms with Crippen LogP contribution >= 0.6 is 11.3 Å². The van der Waals surface area contributed by atoms with Gasteiger partial charge in [0.1, 0.15) is 5.82 Å². The van der Waals surface area contributed by atoms with E-state index in [4.69, 9.17) is 5.11 Å².